The second-order valence-corrected chi connectivity index (χ2v) is 6.15. The lowest BCUT2D eigenvalue weighted by Crippen LogP contribution is -2.41. The smallest absolute Gasteiger partial charge is 0.191 e. The number of hydrogen-bond donors (Lipinski definition) is 2. The van der Waals surface area contributed by atoms with Crippen LogP contribution in [0, 0.1) is 5.82 Å². The van der Waals surface area contributed by atoms with Crippen LogP contribution in [0.25, 0.3) is 0 Å². The molecule has 1 unspecified atom stereocenters. The fourth-order valence-corrected chi connectivity index (χ4v) is 2.75. The van der Waals surface area contributed by atoms with Crippen molar-refractivity contribution in [2.45, 2.75) is 12.6 Å². The van der Waals surface area contributed by atoms with Crippen LogP contribution < -0.4 is 15.4 Å². The van der Waals surface area contributed by atoms with Gasteiger partial charge in [0.1, 0.15) is 11.6 Å². The first-order valence-electron chi connectivity index (χ1n) is 8.53. The molecule has 0 amide bonds. The predicted octanol–water partition coefficient (Wildman–Crippen LogP) is 3.42. The van der Waals surface area contributed by atoms with Gasteiger partial charge in [-0.1, -0.05) is 30.3 Å². The highest BCUT2D eigenvalue weighted by Crippen LogP contribution is 2.18. The lowest BCUT2D eigenvalue weighted by Gasteiger charge is -2.26. The fraction of sp³-hybridized carbons (Fsp3) is 0.350. The second kappa shape index (κ2) is 11.8. The number of nitrogens with zero attached hydrogens (tertiary/aromatic N) is 2. The van der Waals surface area contributed by atoms with Crippen LogP contribution in [0.2, 0.25) is 0 Å². The number of rotatable bonds is 7. The molecule has 2 aromatic rings. The number of hydrogen-bond acceptors (Lipinski definition) is 3. The van der Waals surface area contributed by atoms with E-state index in [0.717, 1.165) is 16.9 Å². The van der Waals surface area contributed by atoms with E-state index in [1.165, 1.54) is 6.07 Å². The Bertz CT molecular complexity index is 739. The Morgan fingerprint density at radius 1 is 1.15 bits per heavy atom. The summed E-state index contributed by atoms with van der Waals surface area (Å²) in [4.78, 5) is 6.31. The van der Waals surface area contributed by atoms with Gasteiger partial charge in [0, 0.05) is 25.7 Å². The molecule has 1 atom stereocenters. The van der Waals surface area contributed by atoms with Crippen molar-refractivity contribution in [1.29, 1.82) is 0 Å². The first-order chi connectivity index (χ1) is 12.5. The van der Waals surface area contributed by atoms with Gasteiger partial charge < -0.3 is 20.3 Å². The maximum Gasteiger partial charge on any atom is 0.191 e. The highest BCUT2D eigenvalue weighted by atomic mass is 127. The standard InChI is InChI=1S/C20H27FN4O.HI/c1-22-20(23-13-16-8-5-6-11-19(16)26-4)24-14-18(25(2)3)15-9-7-10-17(21)12-15;/h5-12,18H,13-14H2,1-4H3,(H2,22,23,24);1H. The largest absolute Gasteiger partial charge is 0.496 e. The average Bonchev–Trinajstić information content (AvgIpc) is 2.64. The number of benzene rings is 2. The maximum absolute atomic E-state index is 13.5. The number of guanidine groups is 1. The van der Waals surface area contributed by atoms with Crippen molar-refractivity contribution in [3.8, 4) is 5.75 Å². The molecule has 0 aliphatic heterocycles. The summed E-state index contributed by atoms with van der Waals surface area (Å²) >= 11 is 0. The molecule has 0 aliphatic carbocycles. The lowest BCUT2D eigenvalue weighted by atomic mass is 10.1. The first-order valence-corrected chi connectivity index (χ1v) is 8.53. The van der Waals surface area contributed by atoms with E-state index in [-0.39, 0.29) is 35.8 Å². The first kappa shape index (κ1) is 23.2. The van der Waals surface area contributed by atoms with Crippen molar-refractivity contribution in [2.75, 3.05) is 34.8 Å². The van der Waals surface area contributed by atoms with Crippen molar-refractivity contribution in [3.63, 3.8) is 0 Å². The van der Waals surface area contributed by atoms with E-state index in [2.05, 4.69) is 20.5 Å². The molecule has 148 valence electrons. The average molecular weight is 486 g/mol. The van der Waals surface area contributed by atoms with E-state index in [4.69, 9.17) is 4.74 Å². The van der Waals surface area contributed by atoms with Gasteiger partial charge in [-0.3, -0.25) is 4.99 Å². The van der Waals surface area contributed by atoms with Crippen LogP contribution in [0.4, 0.5) is 4.39 Å². The Labute approximate surface area is 178 Å². The summed E-state index contributed by atoms with van der Waals surface area (Å²) in [7, 11) is 7.33. The van der Waals surface area contributed by atoms with Gasteiger partial charge in [-0.2, -0.15) is 0 Å². The van der Waals surface area contributed by atoms with Gasteiger partial charge in [-0.15, -0.1) is 24.0 Å². The number of aliphatic imine (C=N–C) groups is 1. The molecule has 0 aliphatic rings. The van der Waals surface area contributed by atoms with Gasteiger partial charge in [0.15, 0.2) is 5.96 Å². The summed E-state index contributed by atoms with van der Waals surface area (Å²) in [6.45, 7) is 1.19. The molecule has 0 fully saturated rings. The minimum atomic E-state index is -0.229. The summed E-state index contributed by atoms with van der Waals surface area (Å²) in [5.41, 5.74) is 1.97. The summed E-state index contributed by atoms with van der Waals surface area (Å²) in [6.07, 6.45) is 0. The highest BCUT2D eigenvalue weighted by Gasteiger charge is 2.15. The molecule has 7 heteroatoms. The molecule has 0 spiro atoms. The molecule has 0 aromatic heterocycles. The van der Waals surface area contributed by atoms with Gasteiger partial charge in [0.2, 0.25) is 0 Å². The van der Waals surface area contributed by atoms with Crippen LogP contribution in [-0.4, -0.2) is 45.7 Å². The molecule has 0 saturated carbocycles. The molecule has 0 saturated heterocycles. The summed E-state index contributed by atoms with van der Waals surface area (Å²) in [5, 5.41) is 6.59. The quantitative estimate of drug-likeness (QED) is 0.358. The molecule has 0 radical (unpaired) electrons. The van der Waals surface area contributed by atoms with Crippen LogP contribution in [0.5, 0.6) is 5.75 Å². The van der Waals surface area contributed by atoms with Crippen molar-refractivity contribution in [2.24, 2.45) is 4.99 Å². The van der Waals surface area contributed by atoms with E-state index < -0.39 is 0 Å². The number of nitrogens with one attached hydrogen (secondary N) is 2. The van der Waals surface area contributed by atoms with Crippen LogP contribution in [0.15, 0.2) is 53.5 Å². The molecule has 2 rings (SSSR count). The minimum absolute atomic E-state index is 0. The Kier molecular flexibility index (Phi) is 10.1. The second-order valence-electron chi connectivity index (χ2n) is 6.15. The Morgan fingerprint density at radius 3 is 2.52 bits per heavy atom. The van der Waals surface area contributed by atoms with E-state index in [1.807, 2.05) is 44.4 Å². The zero-order chi connectivity index (χ0) is 18.9. The molecule has 2 N–H and O–H groups in total. The van der Waals surface area contributed by atoms with Crippen molar-refractivity contribution < 1.29 is 9.13 Å². The third-order valence-electron chi connectivity index (χ3n) is 4.18. The highest BCUT2D eigenvalue weighted by molar-refractivity contribution is 14.0. The van der Waals surface area contributed by atoms with E-state index in [1.54, 1.807) is 26.3 Å². The fourth-order valence-electron chi connectivity index (χ4n) is 2.75. The third kappa shape index (κ3) is 6.99. The number of halogens is 2. The van der Waals surface area contributed by atoms with Crippen LogP contribution in [0.1, 0.15) is 17.2 Å². The molecular weight excluding hydrogens is 458 g/mol. The molecule has 0 heterocycles. The van der Waals surface area contributed by atoms with E-state index >= 15 is 0 Å². The molecular formula is C20H28FIN4O. The van der Waals surface area contributed by atoms with Gasteiger partial charge >= 0.3 is 0 Å². The summed E-state index contributed by atoms with van der Waals surface area (Å²) < 4.78 is 18.9. The van der Waals surface area contributed by atoms with Gasteiger partial charge in [-0.05, 0) is 37.9 Å². The van der Waals surface area contributed by atoms with E-state index in [0.29, 0.717) is 19.0 Å². The van der Waals surface area contributed by atoms with Gasteiger partial charge in [0.05, 0.1) is 13.2 Å². The monoisotopic (exact) mass is 486 g/mol. The lowest BCUT2D eigenvalue weighted by molar-refractivity contribution is 0.297. The van der Waals surface area contributed by atoms with Crippen LogP contribution >= 0.6 is 24.0 Å². The number of ether oxygens (including phenoxy) is 1. The third-order valence-corrected chi connectivity index (χ3v) is 4.18. The predicted molar refractivity (Wildman–Crippen MR) is 119 cm³/mol. The molecule has 2 aromatic carbocycles. The van der Waals surface area contributed by atoms with Crippen molar-refractivity contribution >= 4 is 29.9 Å². The normalized spacial score (nSPS) is 12.3. The van der Waals surface area contributed by atoms with Crippen molar-refractivity contribution in [3.05, 3.63) is 65.5 Å². The molecule has 27 heavy (non-hydrogen) atoms. The number of para-hydroxylation sites is 1. The van der Waals surface area contributed by atoms with Gasteiger partial charge in [0.25, 0.3) is 0 Å². The Balaban J connectivity index is 0.00000364. The zero-order valence-electron chi connectivity index (χ0n) is 16.2. The molecule has 0 bridgehead atoms. The molecule has 5 nitrogen and oxygen atoms in total. The summed E-state index contributed by atoms with van der Waals surface area (Å²) in [6, 6.07) is 14.6. The van der Waals surface area contributed by atoms with E-state index in [9.17, 15) is 4.39 Å². The zero-order valence-corrected chi connectivity index (χ0v) is 18.5. The minimum Gasteiger partial charge on any atom is -0.496 e. The van der Waals surface area contributed by atoms with Crippen LogP contribution in [0.3, 0.4) is 0 Å². The summed E-state index contributed by atoms with van der Waals surface area (Å²) in [5.74, 6) is 1.29. The maximum atomic E-state index is 13.5. The van der Waals surface area contributed by atoms with Crippen LogP contribution in [-0.2, 0) is 6.54 Å². The SMILES string of the molecule is CN=C(NCc1ccccc1OC)NCC(c1cccc(F)c1)N(C)C.I. The van der Waals surface area contributed by atoms with Gasteiger partial charge in [-0.25, -0.2) is 4.39 Å². The Morgan fingerprint density at radius 2 is 1.89 bits per heavy atom. The number of likely N-dealkylation sites (N-methyl/N-ethyl adjacent to an activating group) is 1. The van der Waals surface area contributed by atoms with Crippen molar-refractivity contribution in [1.82, 2.24) is 15.5 Å². The topological polar surface area (TPSA) is 48.9 Å². The number of methoxy groups -OCH3 is 1. The Hall–Kier alpha value is -1.87.